The minimum atomic E-state index is -3.52. The third kappa shape index (κ3) is 6.13. The first-order valence-corrected chi connectivity index (χ1v) is 10.5. The van der Waals surface area contributed by atoms with Crippen LogP contribution < -0.4 is 15.4 Å². The Labute approximate surface area is 170 Å². The van der Waals surface area contributed by atoms with Crippen molar-refractivity contribution in [3.8, 4) is 5.75 Å². The molecule has 8 nitrogen and oxygen atoms in total. The summed E-state index contributed by atoms with van der Waals surface area (Å²) in [6.45, 7) is 6.45. The Balaban J connectivity index is 2.14. The molecule has 0 aliphatic carbocycles. The first-order chi connectivity index (χ1) is 13.4. The van der Waals surface area contributed by atoms with Crippen molar-refractivity contribution in [2.45, 2.75) is 33.4 Å². The topological polar surface area (TPSA) is 101 Å². The van der Waals surface area contributed by atoms with E-state index in [1.807, 2.05) is 6.92 Å². The van der Waals surface area contributed by atoms with Crippen LogP contribution in [-0.2, 0) is 10.0 Å². The number of benzene rings is 1. The molecule has 2 N–H and O–H groups in total. The smallest absolute Gasteiger partial charge is 0.323 e. The van der Waals surface area contributed by atoms with Crippen LogP contribution in [0.3, 0.4) is 0 Å². The van der Waals surface area contributed by atoms with Gasteiger partial charge >= 0.3 is 6.03 Å². The van der Waals surface area contributed by atoms with Crippen LogP contribution in [0.15, 0.2) is 36.5 Å². The number of ether oxygens (including phenoxy) is 1. The Morgan fingerprint density at radius 3 is 2.45 bits per heavy atom. The summed E-state index contributed by atoms with van der Waals surface area (Å²) >= 11 is 0. The molecule has 0 saturated carbocycles. The van der Waals surface area contributed by atoms with Crippen LogP contribution in [0.1, 0.15) is 26.5 Å². The number of nitrogens with one attached hydrogen (secondary N) is 2. The number of pyridine rings is 1. The fourth-order valence-electron chi connectivity index (χ4n) is 2.41. The average molecular weight is 424 g/mol. The lowest BCUT2D eigenvalue weighted by molar-refractivity contribution is 0.0126. The first-order valence-electron chi connectivity index (χ1n) is 8.90. The zero-order valence-electron chi connectivity index (χ0n) is 17.0. The zero-order chi connectivity index (χ0) is 21.8. The number of urea groups is 1. The van der Waals surface area contributed by atoms with Crippen LogP contribution in [0.4, 0.5) is 20.6 Å². The molecule has 0 unspecified atom stereocenters. The summed E-state index contributed by atoms with van der Waals surface area (Å²) in [5.74, 6) is -0.674. The van der Waals surface area contributed by atoms with Gasteiger partial charge in [0.1, 0.15) is 11.6 Å². The van der Waals surface area contributed by atoms with Crippen molar-refractivity contribution in [1.29, 1.82) is 0 Å². The lowest BCUT2D eigenvalue weighted by Crippen LogP contribution is -2.49. The van der Waals surface area contributed by atoms with Gasteiger partial charge in [-0.2, -0.15) is 4.31 Å². The summed E-state index contributed by atoms with van der Waals surface area (Å²) in [6.07, 6.45) is 1.50. The highest BCUT2D eigenvalue weighted by Gasteiger charge is 2.34. The van der Waals surface area contributed by atoms with E-state index in [0.717, 1.165) is 22.1 Å². The molecule has 10 heteroatoms. The van der Waals surface area contributed by atoms with Gasteiger partial charge in [-0.1, -0.05) is 0 Å². The Bertz CT molecular complexity index is 978. The minimum absolute atomic E-state index is 0.0699. The number of anilines is 2. The van der Waals surface area contributed by atoms with E-state index < -0.39 is 27.6 Å². The molecule has 2 amide bonds. The molecule has 1 aromatic carbocycles. The molecule has 2 aromatic rings. The molecular weight excluding hydrogens is 399 g/mol. The normalized spacial score (nSPS) is 12.0. The van der Waals surface area contributed by atoms with Crippen LogP contribution in [0.5, 0.6) is 5.75 Å². The van der Waals surface area contributed by atoms with Crippen molar-refractivity contribution in [2.24, 2.45) is 0 Å². The molecule has 0 saturated heterocycles. The van der Waals surface area contributed by atoms with E-state index in [1.54, 1.807) is 26.0 Å². The first kappa shape index (κ1) is 22.6. The van der Waals surface area contributed by atoms with Crippen molar-refractivity contribution >= 4 is 27.4 Å². The number of hydrogen-bond acceptors (Lipinski definition) is 5. The lowest BCUT2D eigenvalue weighted by Gasteiger charge is -2.34. The van der Waals surface area contributed by atoms with E-state index in [4.69, 9.17) is 4.74 Å². The molecular formula is C19H25FN4O4S. The Morgan fingerprint density at radius 1 is 1.21 bits per heavy atom. The second-order valence-electron chi connectivity index (χ2n) is 6.86. The lowest BCUT2D eigenvalue weighted by atomic mass is 10.2. The molecule has 0 aliphatic rings. The number of halogens is 1. The molecule has 0 aliphatic heterocycles. The van der Waals surface area contributed by atoms with Crippen LogP contribution in [0.25, 0.3) is 0 Å². The van der Waals surface area contributed by atoms with Crippen LogP contribution >= 0.6 is 0 Å². The van der Waals surface area contributed by atoms with Gasteiger partial charge in [-0.25, -0.2) is 17.6 Å². The van der Waals surface area contributed by atoms with Gasteiger partial charge in [0.2, 0.25) is 10.0 Å². The minimum Gasteiger partial charge on any atom is -0.472 e. The highest BCUT2D eigenvalue weighted by atomic mass is 32.2. The fraction of sp³-hybridized carbons (Fsp3) is 0.368. The highest BCUT2D eigenvalue weighted by molar-refractivity contribution is 7.89. The molecule has 0 spiro atoms. The number of rotatable bonds is 7. The summed E-state index contributed by atoms with van der Waals surface area (Å²) < 4.78 is 45.0. The largest absolute Gasteiger partial charge is 0.472 e. The number of carbonyl (C=O) groups excluding carboxylic acids is 1. The van der Waals surface area contributed by atoms with Crippen LogP contribution in [0, 0.1) is 12.7 Å². The maximum Gasteiger partial charge on any atom is 0.323 e. The molecule has 158 valence electrons. The molecule has 0 fully saturated rings. The standard InChI is InChI=1S/C19H25FN4O4S/c1-6-29(26,27)24(5)19(3,4)28-17-10-14(20)9-16(11-17)23-18(25)22-15-8-7-13(2)21-12-15/h7-12H,6H2,1-5H3,(H2,22,23,25). The third-order valence-corrected chi connectivity index (χ3v) is 6.21. The van der Waals surface area contributed by atoms with E-state index in [-0.39, 0.29) is 17.2 Å². The summed E-state index contributed by atoms with van der Waals surface area (Å²) in [5.41, 5.74) is 0.166. The number of carbonyl (C=O) groups is 1. The molecule has 0 bridgehead atoms. The van der Waals surface area contributed by atoms with E-state index in [1.165, 1.54) is 26.2 Å². The summed E-state index contributed by atoms with van der Waals surface area (Å²) in [5, 5.41) is 5.10. The second-order valence-corrected chi connectivity index (χ2v) is 9.15. The van der Waals surface area contributed by atoms with E-state index in [9.17, 15) is 17.6 Å². The van der Waals surface area contributed by atoms with Gasteiger partial charge in [0.15, 0.2) is 5.72 Å². The van der Waals surface area contributed by atoms with Crippen molar-refractivity contribution in [3.63, 3.8) is 0 Å². The summed E-state index contributed by atoms with van der Waals surface area (Å²) in [7, 11) is -2.13. The maximum absolute atomic E-state index is 14.0. The average Bonchev–Trinajstić information content (AvgIpc) is 2.62. The summed E-state index contributed by atoms with van der Waals surface area (Å²) in [6, 6.07) is 6.49. The quantitative estimate of drug-likeness (QED) is 0.662. The monoisotopic (exact) mass is 424 g/mol. The summed E-state index contributed by atoms with van der Waals surface area (Å²) in [4.78, 5) is 16.2. The van der Waals surface area contributed by atoms with Crippen molar-refractivity contribution in [3.05, 3.63) is 48.0 Å². The van der Waals surface area contributed by atoms with E-state index in [2.05, 4.69) is 15.6 Å². The van der Waals surface area contributed by atoms with Crippen molar-refractivity contribution in [1.82, 2.24) is 9.29 Å². The number of amides is 2. The fourth-order valence-corrected chi connectivity index (χ4v) is 3.50. The van der Waals surface area contributed by atoms with E-state index in [0.29, 0.717) is 5.69 Å². The van der Waals surface area contributed by atoms with Gasteiger partial charge in [0, 0.05) is 30.6 Å². The molecule has 0 radical (unpaired) electrons. The zero-order valence-corrected chi connectivity index (χ0v) is 17.8. The van der Waals surface area contributed by atoms with E-state index >= 15 is 0 Å². The van der Waals surface area contributed by atoms with Gasteiger partial charge in [0.05, 0.1) is 17.6 Å². The predicted molar refractivity (Wildman–Crippen MR) is 110 cm³/mol. The van der Waals surface area contributed by atoms with Crippen molar-refractivity contribution in [2.75, 3.05) is 23.4 Å². The number of aryl methyl sites for hydroxylation is 1. The maximum atomic E-state index is 14.0. The predicted octanol–water partition coefficient (Wildman–Crippen LogP) is 3.57. The van der Waals surface area contributed by atoms with Gasteiger partial charge in [-0.05, 0) is 45.9 Å². The van der Waals surface area contributed by atoms with Crippen LogP contribution in [0.2, 0.25) is 0 Å². The van der Waals surface area contributed by atoms with Gasteiger partial charge in [-0.3, -0.25) is 4.98 Å². The molecule has 2 rings (SSSR count). The Hall–Kier alpha value is -2.72. The third-order valence-electron chi connectivity index (χ3n) is 4.21. The number of sulfonamides is 1. The number of aromatic nitrogens is 1. The molecule has 1 aromatic heterocycles. The number of hydrogen-bond donors (Lipinski definition) is 2. The SMILES string of the molecule is CCS(=O)(=O)N(C)C(C)(C)Oc1cc(F)cc(NC(=O)Nc2ccc(C)nc2)c1. The highest BCUT2D eigenvalue weighted by Crippen LogP contribution is 2.27. The Kier molecular flexibility index (Phi) is 6.81. The molecule has 0 atom stereocenters. The van der Waals surface area contributed by atoms with Gasteiger partial charge in [-0.15, -0.1) is 0 Å². The van der Waals surface area contributed by atoms with Gasteiger partial charge in [0.25, 0.3) is 0 Å². The molecule has 29 heavy (non-hydrogen) atoms. The van der Waals surface area contributed by atoms with Gasteiger partial charge < -0.3 is 15.4 Å². The number of nitrogens with zero attached hydrogens (tertiary/aromatic N) is 2. The Morgan fingerprint density at radius 2 is 1.86 bits per heavy atom. The van der Waals surface area contributed by atoms with Crippen LogP contribution in [-0.4, -0.2) is 42.3 Å². The van der Waals surface area contributed by atoms with Crippen molar-refractivity contribution < 1.29 is 22.3 Å². The second kappa shape index (κ2) is 8.75. The molecule has 1 heterocycles.